The van der Waals surface area contributed by atoms with E-state index < -0.39 is 0 Å². The van der Waals surface area contributed by atoms with Gasteiger partial charge in [0.15, 0.2) is 9.88 Å². The van der Waals surface area contributed by atoms with Gasteiger partial charge in [-0.3, -0.25) is 4.57 Å². The highest BCUT2D eigenvalue weighted by Crippen LogP contribution is 2.12. The van der Waals surface area contributed by atoms with Crippen LogP contribution in [-0.4, -0.2) is 44.9 Å². The number of thiocarbonyl (C=S) groups is 1. The van der Waals surface area contributed by atoms with Gasteiger partial charge < -0.3 is 14.6 Å². The zero-order chi connectivity index (χ0) is 11.7. The van der Waals surface area contributed by atoms with E-state index in [1.165, 1.54) is 0 Å². The molecule has 1 aromatic rings. The summed E-state index contributed by atoms with van der Waals surface area (Å²) in [5.41, 5.74) is 0. The number of hydrogen-bond donors (Lipinski definition) is 1. The van der Waals surface area contributed by atoms with Crippen molar-refractivity contribution in [2.45, 2.75) is 26.1 Å². The van der Waals surface area contributed by atoms with Gasteiger partial charge in [0.25, 0.3) is 0 Å². The fourth-order valence-corrected chi connectivity index (χ4v) is 2.53. The summed E-state index contributed by atoms with van der Waals surface area (Å²) in [4.78, 5) is 5.08. The lowest BCUT2D eigenvalue weighted by molar-refractivity contribution is -0.0481. The molecule has 1 N–H and O–H groups in total. The third-order valence-corrected chi connectivity index (χ3v) is 3.31. The van der Waals surface area contributed by atoms with Gasteiger partial charge in [0.2, 0.25) is 0 Å². The molecule has 0 radical (unpaired) electrons. The van der Waals surface area contributed by atoms with Crippen LogP contribution in [0.4, 0.5) is 0 Å². The third-order valence-electron chi connectivity index (χ3n) is 2.55. The van der Waals surface area contributed by atoms with Crippen molar-refractivity contribution in [1.82, 2.24) is 14.5 Å². The lowest BCUT2D eigenvalue weighted by Gasteiger charge is -2.36. The average Bonchev–Trinajstić information content (AvgIpc) is 2.62. The van der Waals surface area contributed by atoms with Crippen molar-refractivity contribution in [2.24, 2.45) is 0 Å². The van der Waals surface area contributed by atoms with Crippen LogP contribution in [-0.2, 0) is 4.74 Å². The number of aromatic amines is 1. The Morgan fingerprint density at radius 3 is 2.56 bits per heavy atom. The van der Waals surface area contributed by atoms with Crippen molar-refractivity contribution in [3.05, 3.63) is 17.2 Å². The molecule has 2 atom stereocenters. The van der Waals surface area contributed by atoms with Crippen LogP contribution in [0.25, 0.3) is 0 Å². The fourth-order valence-electron chi connectivity index (χ4n) is 1.96. The second-order valence-electron chi connectivity index (χ2n) is 4.08. The maximum atomic E-state index is 5.67. The molecule has 4 nitrogen and oxygen atoms in total. The molecule has 0 saturated carbocycles. The minimum atomic E-state index is 0.204. The molecule has 2 heterocycles. The first-order valence-electron chi connectivity index (χ1n) is 5.28. The van der Waals surface area contributed by atoms with Crippen LogP contribution in [0.15, 0.2) is 12.4 Å². The monoisotopic (exact) mass is 257 g/mol. The van der Waals surface area contributed by atoms with Crippen LogP contribution in [0.5, 0.6) is 0 Å². The second-order valence-corrected chi connectivity index (χ2v) is 4.83. The first-order chi connectivity index (χ1) is 7.58. The van der Waals surface area contributed by atoms with Crippen molar-refractivity contribution in [3.8, 4) is 0 Å². The van der Waals surface area contributed by atoms with Crippen LogP contribution in [0.1, 0.15) is 13.8 Å². The molecule has 16 heavy (non-hydrogen) atoms. The number of nitrogens with one attached hydrogen (secondary N) is 1. The van der Waals surface area contributed by atoms with Crippen LogP contribution in [0.3, 0.4) is 0 Å². The molecule has 0 unspecified atom stereocenters. The minimum Gasteiger partial charge on any atom is -0.372 e. The van der Waals surface area contributed by atoms with Crippen molar-refractivity contribution >= 4 is 29.5 Å². The van der Waals surface area contributed by atoms with E-state index >= 15 is 0 Å². The summed E-state index contributed by atoms with van der Waals surface area (Å²) in [5, 5.41) is 0.744. The van der Waals surface area contributed by atoms with E-state index in [4.69, 9.17) is 29.2 Å². The lowest BCUT2D eigenvalue weighted by atomic mass is 10.2. The molecule has 1 fully saturated rings. The number of imidazole rings is 1. The Hall–Kier alpha value is -0.720. The number of aromatic nitrogens is 2. The SMILES string of the molecule is C[C@H]1CN(C(=S)n2cc[nH]c2=S)C[C@H](C)O1. The summed E-state index contributed by atoms with van der Waals surface area (Å²) >= 11 is 10.6. The van der Waals surface area contributed by atoms with Gasteiger partial charge in [-0.1, -0.05) is 0 Å². The highest BCUT2D eigenvalue weighted by molar-refractivity contribution is 7.80. The topological polar surface area (TPSA) is 33.2 Å². The molecule has 0 bridgehead atoms. The second kappa shape index (κ2) is 4.65. The molecule has 0 amide bonds. The maximum absolute atomic E-state index is 5.67. The molecule has 2 rings (SSSR count). The fraction of sp³-hybridized carbons (Fsp3) is 0.600. The van der Waals surface area contributed by atoms with E-state index in [1.54, 1.807) is 6.20 Å². The molecule has 1 aliphatic heterocycles. The lowest BCUT2D eigenvalue weighted by Crippen LogP contribution is -2.49. The molecular weight excluding hydrogens is 242 g/mol. The molecule has 88 valence electrons. The van der Waals surface area contributed by atoms with Gasteiger partial charge >= 0.3 is 0 Å². The molecule has 6 heteroatoms. The Kier molecular flexibility index (Phi) is 3.41. The Balaban J connectivity index is 2.16. The number of ether oxygens (including phenoxy) is 1. The zero-order valence-corrected chi connectivity index (χ0v) is 11.0. The molecule has 1 saturated heterocycles. The Morgan fingerprint density at radius 1 is 1.44 bits per heavy atom. The number of hydrogen-bond acceptors (Lipinski definition) is 3. The molecule has 0 aliphatic carbocycles. The predicted octanol–water partition coefficient (Wildman–Crippen LogP) is 1.79. The normalized spacial score (nSPS) is 25.8. The van der Waals surface area contributed by atoms with Gasteiger partial charge in [0.1, 0.15) is 0 Å². The molecule has 1 aliphatic rings. The molecule has 0 spiro atoms. The van der Waals surface area contributed by atoms with Crippen molar-refractivity contribution in [1.29, 1.82) is 0 Å². The first-order valence-corrected chi connectivity index (χ1v) is 6.10. The summed E-state index contributed by atoms with van der Waals surface area (Å²) in [7, 11) is 0. The summed E-state index contributed by atoms with van der Waals surface area (Å²) in [6.45, 7) is 5.75. The van der Waals surface area contributed by atoms with Gasteiger partial charge in [0.05, 0.1) is 12.2 Å². The first kappa shape index (κ1) is 11.8. The van der Waals surface area contributed by atoms with Gasteiger partial charge in [-0.2, -0.15) is 0 Å². The third kappa shape index (κ3) is 2.34. The van der Waals surface area contributed by atoms with Crippen molar-refractivity contribution < 1.29 is 4.74 Å². The average molecular weight is 257 g/mol. The largest absolute Gasteiger partial charge is 0.372 e. The zero-order valence-electron chi connectivity index (χ0n) is 9.34. The van der Waals surface area contributed by atoms with E-state index in [-0.39, 0.29) is 12.2 Å². The van der Waals surface area contributed by atoms with Gasteiger partial charge in [-0.15, -0.1) is 0 Å². The van der Waals surface area contributed by atoms with Gasteiger partial charge in [0, 0.05) is 25.5 Å². The molecular formula is C10H15N3OS2. The van der Waals surface area contributed by atoms with E-state index in [0.29, 0.717) is 4.77 Å². The van der Waals surface area contributed by atoms with Crippen molar-refractivity contribution in [3.63, 3.8) is 0 Å². The Morgan fingerprint density at radius 2 is 2.06 bits per heavy atom. The van der Waals surface area contributed by atoms with Crippen LogP contribution < -0.4 is 0 Å². The number of morpholine rings is 1. The molecule has 1 aromatic heterocycles. The van der Waals surface area contributed by atoms with Crippen molar-refractivity contribution in [2.75, 3.05) is 13.1 Å². The van der Waals surface area contributed by atoms with E-state index in [9.17, 15) is 0 Å². The van der Waals surface area contributed by atoms with E-state index in [0.717, 1.165) is 18.2 Å². The molecule has 0 aromatic carbocycles. The predicted molar refractivity (Wildman–Crippen MR) is 69.2 cm³/mol. The summed E-state index contributed by atoms with van der Waals surface area (Å²) < 4.78 is 8.12. The summed E-state index contributed by atoms with van der Waals surface area (Å²) in [6, 6.07) is 0. The minimum absolute atomic E-state index is 0.204. The van der Waals surface area contributed by atoms with Gasteiger partial charge in [-0.05, 0) is 38.3 Å². The van der Waals surface area contributed by atoms with E-state index in [1.807, 2.05) is 10.8 Å². The van der Waals surface area contributed by atoms with Crippen LogP contribution in [0.2, 0.25) is 0 Å². The number of H-pyrrole nitrogens is 1. The number of rotatable bonds is 0. The highest BCUT2D eigenvalue weighted by Gasteiger charge is 2.24. The van der Waals surface area contributed by atoms with Gasteiger partial charge in [-0.25, -0.2) is 0 Å². The summed E-state index contributed by atoms with van der Waals surface area (Å²) in [6.07, 6.45) is 4.06. The van der Waals surface area contributed by atoms with Crippen LogP contribution in [0, 0.1) is 4.77 Å². The highest BCUT2D eigenvalue weighted by atomic mass is 32.1. The number of nitrogens with zero attached hydrogens (tertiary/aromatic N) is 2. The van der Waals surface area contributed by atoms with E-state index in [2.05, 4.69) is 23.7 Å². The smallest absolute Gasteiger partial charge is 0.183 e. The van der Waals surface area contributed by atoms with Crippen LogP contribution >= 0.6 is 24.4 Å². The Bertz CT molecular complexity index is 429. The summed E-state index contributed by atoms with van der Waals surface area (Å²) in [5.74, 6) is 0. The Labute approximate surface area is 105 Å². The quantitative estimate of drug-likeness (QED) is 0.718. The standard InChI is InChI=1S/C10H15N3OS2/c1-7-5-12(6-8(2)14-7)10(16)13-4-3-11-9(13)15/h3-4,7-8H,5-6H2,1-2H3,(H,11,15)/t7-,8-/m0/s1. The maximum Gasteiger partial charge on any atom is 0.183 e.